The van der Waals surface area contributed by atoms with E-state index in [2.05, 4.69) is 15.4 Å². The quantitative estimate of drug-likeness (QED) is 0.506. The van der Waals surface area contributed by atoms with Crippen molar-refractivity contribution < 1.29 is 19.4 Å². The Balaban J connectivity index is 4.15. The molecule has 0 saturated heterocycles. The molecule has 14 heavy (non-hydrogen) atoms. The Hall–Kier alpha value is -1.14. The van der Waals surface area contributed by atoms with Crippen molar-refractivity contribution in [2.24, 2.45) is 0 Å². The summed E-state index contributed by atoms with van der Waals surface area (Å²) in [6.45, 7) is 1.60. The topological polar surface area (TPSA) is 87.7 Å². The fourth-order valence-corrected chi connectivity index (χ4v) is 0.769. The van der Waals surface area contributed by atoms with Gasteiger partial charge in [0.05, 0.1) is 12.6 Å². The minimum absolute atomic E-state index is 0.0441. The first-order valence-corrected chi connectivity index (χ1v) is 4.22. The Labute approximate surface area is 82.6 Å². The summed E-state index contributed by atoms with van der Waals surface area (Å²) >= 11 is 0. The van der Waals surface area contributed by atoms with E-state index in [1.54, 1.807) is 14.0 Å². The van der Waals surface area contributed by atoms with Crippen LogP contribution in [0.15, 0.2) is 0 Å². The molecular weight excluding hydrogens is 188 g/mol. The molecule has 0 aliphatic carbocycles. The van der Waals surface area contributed by atoms with Gasteiger partial charge in [-0.2, -0.15) is 0 Å². The van der Waals surface area contributed by atoms with E-state index in [-0.39, 0.29) is 12.5 Å². The number of carbonyl (C=O) groups is 2. The van der Waals surface area contributed by atoms with Crippen LogP contribution in [-0.2, 0) is 14.3 Å². The summed E-state index contributed by atoms with van der Waals surface area (Å²) in [5.41, 5.74) is 0. The zero-order valence-electron chi connectivity index (χ0n) is 8.53. The van der Waals surface area contributed by atoms with Crippen molar-refractivity contribution >= 4 is 11.9 Å². The van der Waals surface area contributed by atoms with Gasteiger partial charge in [-0.05, 0) is 14.0 Å². The lowest BCUT2D eigenvalue weighted by Crippen LogP contribution is -2.50. The van der Waals surface area contributed by atoms with Gasteiger partial charge in [-0.3, -0.25) is 4.79 Å². The number of rotatable bonds is 6. The van der Waals surface area contributed by atoms with Crippen molar-refractivity contribution in [1.29, 1.82) is 0 Å². The molecule has 2 atom stereocenters. The average molecular weight is 204 g/mol. The highest BCUT2D eigenvalue weighted by molar-refractivity contribution is 5.86. The molecule has 6 heteroatoms. The standard InChI is InChI=1S/C8H16N2O4/c1-5(9-2)7(11)10-6(4-14-3)8(12)13/h5-6,9H,4H2,1-3H3,(H,10,11)(H,12,13). The van der Waals surface area contributed by atoms with Crippen LogP contribution in [0.3, 0.4) is 0 Å². The van der Waals surface area contributed by atoms with E-state index < -0.39 is 18.1 Å². The van der Waals surface area contributed by atoms with Crippen LogP contribution in [0.2, 0.25) is 0 Å². The molecule has 2 unspecified atom stereocenters. The van der Waals surface area contributed by atoms with Gasteiger partial charge in [-0.1, -0.05) is 0 Å². The number of methoxy groups -OCH3 is 1. The minimum Gasteiger partial charge on any atom is -0.480 e. The largest absolute Gasteiger partial charge is 0.480 e. The van der Waals surface area contributed by atoms with Crippen molar-refractivity contribution in [1.82, 2.24) is 10.6 Å². The van der Waals surface area contributed by atoms with Crippen molar-refractivity contribution in [2.75, 3.05) is 20.8 Å². The van der Waals surface area contributed by atoms with Gasteiger partial charge < -0.3 is 20.5 Å². The summed E-state index contributed by atoms with van der Waals surface area (Å²) in [5.74, 6) is -1.47. The second-order valence-electron chi connectivity index (χ2n) is 2.87. The molecule has 0 heterocycles. The van der Waals surface area contributed by atoms with Gasteiger partial charge in [0, 0.05) is 7.11 Å². The first-order chi connectivity index (χ1) is 6.52. The molecular formula is C8H16N2O4. The van der Waals surface area contributed by atoms with E-state index in [4.69, 9.17) is 5.11 Å². The van der Waals surface area contributed by atoms with Crippen LogP contribution in [0.1, 0.15) is 6.92 Å². The predicted octanol–water partition coefficient (Wildman–Crippen LogP) is -1.19. The molecule has 0 saturated carbocycles. The second kappa shape index (κ2) is 6.33. The highest BCUT2D eigenvalue weighted by Crippen LogP contribution is 1.88. The molecule has 3 N–H and O–H groups in total. The number of ether oxygens (including phenoxy) is 1. The third kappa shape index (κ3) is 4.20. The SMILES string of the molecule is CNC(C)C(=O)NC(COC)C(=O)O. The normalized spacial score (nSPS) is 14.5. The van der Waals surface area contributed by atoms with Gasteiger partial charge in [0.25, 0.3) is 0 Å². The van der Waals surface area contributed by atoms with Gasteiger partial charge in [-0.15, -0.1) is 0 Å². The number of likely N-dealkylation sites (N-methyl/N-ethyl adjacent to an activating group) is 1. The molecule has 0 rings (SSSR count). The minimum atomic E-state index is -1.11. The van der Waals surface area contributed by atoms with Crippen LogP contribution < -0.4 is 10.6 Å². The van der Waals surface area contributed by atoms with Crippen LogP contribution in [-0.4, -0.2) is 49.8 Å². The Kier molecular flexibility index (Phi) is 5.82. The number of aliphatic carboxylic acids is 1. The lowest BCUT2D eigenvalue weighted by Gasteiger charge is -2.16. The average Bonchev–Trinajstić information content (AvgIpc) is 2.15. The number of carboxylic acid groups (broad SMARTS) is 1. The molecule has 0 aromatic rings. The molecule has 0 aliphatic rings. The van der Waals surface area contributed by atoms with Crippen LogP contribution in [0.4, 0.5) is 0 Å². The third-order valence-electron chi connectivity index (χ3n) is 1.77. The molecule has 0 spiro atoms. The van der Waals surface area contributed by atoms with Gasteiger partial charge in [0.2, 0.25) is 5.91 Å². The molecule has 0 fully saturated rings. The first kappa shape index (κ1) is 12.9. The molecule has 0 aromatic heterocycles. The summed E-state index contributed by atoms with van der Waals surface area (Å²) in [6, 6.07) is -1.42. The second-order valence-corrected chi connectivity index (χ2v) is 2.87. The van der Waals surface area contributed by atoms with E-state index in [0.717, 1.165) is 0 Å². The summed E-state index contributed by atoms with van der Waals surface area (Å²) in [4.78, 5) is 21.9. The fourth-order valence-electron chi connectivity index (χ4n) is 0.769. The van der Waals surface area contributed by atoms with E-state index in [1.165, 1.54) is 7.11 Å². The highest BCUT2D eigenvalue weighted by atomic mass is 16.5. The van der Waals surface area contributed by atoms with Crippen LogP contribution in [0, 0.1) is 0 Å². The predicted molar refractivity (Wildman–Crippen MR) is 50.0 cm³/mol. The highest BCUT2D eigenvalue weighted by Gasteiger charge is 2.21. The van der Waals surface area contributed by atoms with Crippen molar-refractivity contribution in [3.05, 3.63) is 0 Å². The maximum Gasteiger partial charge on any atom is 0.328 e. The first-order valence-electron chi connectivity index (χ1n) is 4.22. The summed E-state index contributed by atoms with van der Waals surface area (Å²) in [5, 5.41) is 13.7. The van der Waals surface area contributed by atoms with E-state index in [0.29, 0.717) is 0 Å². The summed E-state index contributed by atoms with van der Waals surface area (Å²) in [6.07, 6.45) is 0. The van der Waals surface area contributed by atoms with E-state index in [1.807, 2.05) is 0 Å². The number of nitrogens with one attached hydrogen (secondary N) is 2. The van der Waals surface area contributed by atoms with Gasteiger partial charge in [-0.25, -0.2) is 4.79 Å². The van der Waals surface area contributed by atoms with Crippen molar-refractivity contribution in [2.45, 2.75) is 19.0 Å². The maximum atomic E-state index is 11.3. The molecule has 0 aliphatic heterocycles. The Bertz CT molecular complexity index is 208. The Morgan fingerprint density at radius 3 is 2.43 bits per heavy atom. The number of carbonyl (C=O) groups excluding carboxylic acids is 1. The number of hydrogen-bond donors (Lipinski definition) is 3. The Morgan fingerprint density at radius 1 is 1.50 bits per heavy atom. The Morgan fingerprint density at radius 2 is 2.07 bits per heavy atom. The zero-order chi connectivity index (χ0) is 11.1. The van der Waals surface area contributed by atoms with Crippen LogP contribution in [0.25, 0.3) is 0 Å². The van der Waals surface area contributed by atoms with Gasteiger partial charge in [0.1, 0.15) is 0 Å². The van der Waals surface area contributed by atoms with E-state index >= 15 is 0 Å². The van der Waals surface area contributed by atoms with Crippen LogP contribution >= 0.6 is 0 Å². The van der Waals surface area contributed by atoms with Gasteiger partial charge in [0.15, 0.2) is 6.04 Å². The third-order valence-corrected chi connectivity index (χ3v) is 1.77. The van der Waals surface area contributed by atoms with Crippen molar-refractivity contribution in [3.63, 3.8) is 0 Å². The van der Waals surface area contributed by atoms with Gasteiger partial charge >= 0.3 is 5.97 Å². The molecule has 0 aromatic carbocycles. The van der Waals surface area contributed by atoms with E-state index in [9.17, 15) is 9.59 Å². The van der Waals surface area contributed by atoms with Crippen molar-refractivity contribution in [3.8, 4) is 0 Å². The monoisotopic (exact) mass is 204 g/mol. The fraction of sp³-hybridized carbons (Fsp3) is 0.750. The zero-order valence-corrected chi connectivity index (χ0v) is 8.53. The summed E-state index contributed by atoms with van der Waals surface area (Å²) < 4.78 is 4.66. The molecule has 6 nitrogen and oxygen atoms in total. The lowest BCUT2D eigenvalue weighted by molar-refractivity contribution is -0.143. The molecule has 1 amide bonds. The number of carboxylic acids is 1. The molecule has 0 radical (unpaired) electrons. The summed E-state index contributed by atoms with van der Waals surface area (Å²) in [7, 11) is 3.00. The lowest BCUT2D eigenvalue weighted by atomic mass is 10.2. The number of amides is 1. The van der Waals surface area contributed by atoms with Crippen LogP contribution in [0.5, 0.6) is 0 Å². The molecule has 0 bridgehead atoms. The maximum absolute atomic E-state index is 11.3. The molecule has 82 valence electrons. The number of hydrogen-bond acceptors (Lipinski definition) is 4. The smallest absolute Gasteiger partial charge is 0.328 e.